The quantitative estimate of drug-likeness (QED) is 0.690. The third-order valence-corrected chi connectivity index (χ3v) is 3.79. The van der Waals surface area contributed by atoms with Crippen molar-refractivity contribution in [2.45, 2.75) is 27.2 Å². The Balaban J connectivity index is 1.82. The molecule has 0 saturated heterocycles. The minimum absolute atomic E-state index is 0.0386. The molecule has 0 saturated carbocycles. The number of esters is 1. The fourth-order valence-electron chi connectivity index (χ4n) is 2.48. The first-order valence-electron chi connectivity index (χ1n) is 8.19. The first-order chi connectivity index (χ1) is 12.1. The van der Waals surface area contributed by atoms with Gasteiger partial charge in [0.15, 0.2) is 0 Å². The average molecular weight is 340 g/mol. The highest BCUT2D eigenvalue weighted by atomic mass is 16.5. The van der Waals surface area contributed by atoms with Gasteiger partial charge in [0, 0.05) is 6.54 Å². The Kier molecular flexibility index (Phi) is 4.92. The number of carbonyl (C=O) groups excluding carboxylic acids is 1. The summed E-state index contributed by atoms with van der Waals surface area (Å²) in [5.41, 5.74) is 3.39. The number of aryl methyl sites for hydroxylation is 2. The summed E-state index contributed by atoms with van der Waals surface area (Å²) in [6.45, 7) is 6.51. The van der Waals surface area contributed by atoms with E-state index in [4.69, 9.17) is 9.26 Å². The molecule has 3 aromatic rings. The molecule has 0 aliphatic rings. The van der Waals surface area contributed by atoms with Gasteiger partial charge in [-0.25, -0.2) is 9.78 Å². The van der Waals surface area contributed by atoms with Crippen LogP contribution in [0.2, 0.25) is 0 Å². The van der Waals surface area contributed by atoms with Crippen molar-refractivity contribution in [3.8, 4) is 0 Å². The second-order valence-electron chi connectivity index (χ2n) is 5.73. The minimum atomic E-state index is -0.583. The molecule has 0 unspecified atom stereocenters. The molecule has 0 aliphatic heterocycles. The number of ether oxygens (including phenoxy) is 1. The number of hydrogen-bond donors (Lipinski definition) is 1. The zero-order valence-electron chi connectivity index (χ0n) is 14.5. The van der Waals surface area contributed by atoms with Gasteiger partial charge in [-0.2, -0.15) is 4.98 Å². The van der Waals surface area contributed by atoms with Crippen LogP contribution in [0.5, 0.6) is 0 Å². The normalized spacial score (nSPS) is 10.8. The van der Waals surface area contributed by atoms with Gasteiger partial charge in [0.25, 0.3) is 5.71 Å². The Morgan fingerprint density at radius 3 is 2.68 bits per heavy atom. The maximum atomic E-state index is 11.9. The van der Waals surface area contributed by atoms with Crippen molar-refractivity contribution in [1.82, 2.24) is 15.1 Å². The monoisotopic (exact) mass is 340 g/mol. The summed E-state index contributed by atoms with van der Waals surface area (Å²) in [6, 6.07) is 8.37. The molecule has 0 fully saturated rings. The van der Waals surface area contributed by atoms with Gasteiger partial charge in [-0.05, 0) is 32.8 Å². The maximum Gasteiger partial charge on any atom is 0.376 e. The van der Waals surface area contributed by atoms with Gasteiger partial charge in [-0.15, -0.1) is 0 Å². The molecule has 0 radical (unpaired) electrons. The first kappa shape index (κ1) is 16.9. The van der Waals surface area contributed by atoms with Gasteiger partial charge in [0.2, 0.25) is 5.82 Å². The minimum Gasteiger partial charge on any atom is -0.460 e. The van der Waals surface area contributed by atoms with Crippen LogP contribution in [0.15, 0.2) is 28.8 Å². The van der Waals surface area contributed by atoms with Crippen LogP contribution in [-0.2, 0) is 11.2 Å². The molecule has 0 bridgehead atoms. The van der Waals surface area contributed by atoms with E-state index in [0.29, 0.717) is 23.4 Å². The number of benzene rings is 1. The van der Waals surface area contributed by atoms with E-state index in [1.807, 2.05) is 6.92 Å². The molecule has 7 nitrogen and oxygen atoms in total. The van der Waals surface area contributed by atoms with Crippen LogP contribution in [0.1, 0.15) is 34.4 Å². The Labute approximate surface area is 145 Å². The van der Waals surface area contributed by atoms with Crippen LogP contribution in [0.4, 0.5) is 5.82 Å². The standard InChI is InChI=1S/C18H20N4O3/c1-4-24-18(23)16-20-15(14-12(3)22-25-17(14)21-16)19-10-9-13-7-5-11(2)6-8-13/h5-8H,4,9-10H2,1-3H3,(H,19,20,21). The van der Waals surface area contributed by atoms with Gasteiger partial charge < -0.3 is 14.6 Å². The van der Waals surface area contributed by atoms with Gasteiger partial charge in [0.1, 0.15) is 11.2 Å². The molecule has 0 atom stereocenters. The first-order valence-corrected chi connectivity index (χ1v) is 8.19. The van der Waals surface area contributed by atoms with Gasteiger partial charge in [-0.3, -0.25) is 0 Å². The zero-order valence-corrected chi connectivity index (χ0v) is 14.5. The van der Waals surface area contributed by atoms with E-state index in [2.05, 4.69) is 51.6 Å². The highest BCUT2D eigenvalue weighted by Gasteiger charge is 2.19. The second kappa shape index (κ2) is 7.29. The van der Waals surface area contributed by atoms with Gasteiger partial charge >= 0.3 is 5.97 Å². The summed E-state index contributed by atoms with van der Waals surface area (Å²) in [6.07, 6.45) is 0.824. The Hall–Kier alpha value is -2.96. The number of hydrogen-bond acceptors (Lipinski definition) is 7. The highest BCUT2D eigenvalue weighted by molar-refractivity contribution is 5.93. The largest absolute Gasteiger partial charge is 0.460 e. The summed E-state index contributed by atoms with van der Waals surface area (Å²) in [5, 5.41) is 7.84. The van der Waals surface area contributed by atoms with Crippen LogP contribution in [0.25, 0.3) is 11.1 Å². The van der Waals surface area contributed by atoms with Crippen molar-refractivity contribution >= 4 is 22.9 Å². The molecule has 1 N–H and O–H groups in total. The van der Waals surface area contributed by atoms with Crippen LogP contribution >= 0.6 is 0 Å². The fraction of sp³-hybridized carbons (Fsp3) is 0.333. The SMILES string of the molecule is CCOC(=O)c1nc(NCCc2ccc(C)cc2)c2c(C)noc2n1. The Morgan fingerprint density at radius 2 is 1.96 bits per heavy atom. The summed E-state index contributed by atoms with van der Waals surface area (Å²) < 4.78 is 10.2. The van der Waals surface area contributed by atoms with Crippen molar-refractivity contribution in [2.75, 3.05) is 18.5 Å². The molecular weight excluding hydrogens is 320 g/mol. The fourth-order valence-corrected chi connectivity index (χ4v) is 2.48. The summed E-state index contributed by atoms with van der Waals surface area (Å²) in [5.74, 6) is -0.0951. The number of rotatable bonds is 6. The van der Waals surface area contributed by atoms with Crippen molar-refractivity contribution in [2.24, 2.45) is 0 Å². The van der Waals surface area contributed by atoms with Crippen LogP contribution in [0, 0.1) is 13.8 Å². The lowest BCUT2D eigenvalue weighted by molar-refractivity contribution is 0.0512. The molecule has 2 heterocycles. The predicted octanol–water partition coefficient (Wildman–Crippen LogP) is 3.07. The van der Waals surface area contributed by atoms with Crippen LogP contribution in [-0.4, -0.2) is 34.2 Å². The Morgan fingerprint density at radius 1 is 1.20 bits per heavy atom. The molecule has 2 aromatic heterocycles. The van der Waals surface area contributed by atoms with Crippen molar-refractivity contribution in [3.63, 3.8) is 0 Å². The molecule has 130 valence electrons. The molecule has 25 heavy (non-hydrogen) atoms. The van der Waals surface area contributed by atoms with Crippen molar-refractivity contribution in [3.05, 3.63) is 46.9 Å². The summed E-state index contributed by atoms with van der Waals surface area (Å²) in [7, 11) is 0. The lowest BCUT2D eigenvalue weighted by Crippen LogP contribution is -2.13. The van der Waals surface area contributed by atoms with E-state index in [0.717, 1.165) is 6.42 Å². The van der Waals surface area contributed by atoms with Gasteiger partial charge in [0.05, 0.1) is 12.3 Å². The van der Waals surface area contributed by atoms with E-state index in [1.54, 1.807) is 6.92 Å². The average Bonchev–Trinajstić information content (AvgIpc) is 2.98. The lowest BCUT2D eigenvalue weighted by atomic mass is 10.1. The third-order valence-electron chi connectivity index (χ3n) is 3.79. The molecular formula is C18H20N4O3. The van der Waals surface area contributed by atoms with E-state index in [9.17, 15) is 4.79 Å². The number of nitrogens with one attached hydrogen (secondary N) is 1. The van der Waals surface area contributed by atoms with Crippen molar-refractivity contribution < 1.29 is 14.1 Å². The second-order valence-corrected chi connectivity index (χ2v) is 5.73. The van der Waals surface area contributed by atoms with Gasteiger partial charge in [-0.1, -0.05) is 35.0 Å². The smallest absolute Gasteiger partial charge is 0.376 e. The topological polar surface area (TPSA) is 90.1 Å². The number of nitrogens with zero attached hydrogens (tertiary/aromatic N) is 3. The zero-order chi connectivity index (χ0) is 17.8. The van der Waals surface area contributed by atoms with E-state index in [1.165, 1.54) is 11.1 Å². The molecule has 7 heteroatoms. The summed E-state index contributed by atoms with van der Waals surface area (Å²) in [4.78, 5) is 20.3. The highest BCUT2D eigenvalue weighted by Crippen LogP contribution is 2.24. The number of anilines is 1. The lowest BCUT2D eigenvalue weighted by Gasteiger charge is -2.08. The number of fused-ring (bicyclic) bond motifs is 1. The molecule has 1 aromatic carbocycles. The van der Waals surface area contributed by atoms with Crippen molar-refractivity contribution in [1.29, 1.82) is 0 Å². The summed E-state index contributed by atoms with van der Waals surface area (Å²) >= 11 is 0. The number of carbonyl (C=O) groups is 1. The van der Waals surface area contributed by atoms with E-state index >= 15 is 0 Å². The third kappa shape index (κ3) is 3.76. The predicted molar refractivity (Wildman–Crippen MR) is 93.7 cm³/mol. The Bertz CT molecular complexity index is 887. The van der Waals surface area contributed by atoms with E-state index in [-0.39, 0.29) is 18.1 Å². The molecule has 0 spiro atoms. The number of aromatic nitrogens is 3. The molecule has 0 amide bonds. The van der Waals surface area contributed by atoms with E-state index < -0.39 is 5.97 Å². The molecule has 3 rings (SSSR count). The molecule has 0 aliphatic carbocycles. The van der Waals surface area contributed by atoms with Crippen LogP contribution < -0.4 is 5.32 Å². The maximum absolute atomic E-state index is 11.9. The van der Waals surface area contributed by atoms with Crippen LogP contribution in [0.3, 0.4) is 0 Å².